The zero-order chi connectivity index (χ0) is 11.3. The molecule has 0 aromatic heterocycles. The number of hydrogen-bond donors (Lipinski definition) is 0. The Bertz CT molecular complexity index is 244. The van der Waals surface area contributed by atoms with Gasteiger partial charge in [-0.2, -0.15) is 0 Å². The van der Waals surface area contributed by atoms with Crippen molar-refractivity contribution in [3.8, 4) is 0 Å². The Morgan fingerprint density at radius 3 is 2.40 bits per heavy atom. The third kappa shape index (κ3) is 1.40. The molecule has 2 saturated carbocycles. The van der Waals surface area contributed by atoms with Crippen LogP contribution in [0.3, 0.4) is 0 Å². The van der Waals surface area contributed by atoms with Crippen LogP contribution in [0.15, 0.2) is 0 Å². The largest absolute Gasteiger partial charge is 0.126 e. The first-order valence-electron chi connectivity index (χ1n) is 6.54. The van der Waals surface area contributed by atoms with Crippen LogP contribution in [0.2, 0.25) is 0 Å². The molecule has 3 unspecified atom stereocenters. The maximum Gasteiger partial charge on any atom is 0.0262 e. The molecule has 0 aromatic rings. The van der Waals surface area contributed by atoms with Gasteiger partial charge in [0.1, 0.15) is 0 Å². The minimum Gasteiger partial charge on any atom is -0.126 e. The first-order valence-corrected chi connectivity index (χ1v) is 7.08. The molecule has 0 aliphatic heterocycles. The van der Waals surface area contributed by atoms with E-state index in [-0.39, 0.29) is 0 Å². The van der Waals surface area contributed by atoms with Gasteiger partial charge < -0.3 is 0 Å². The molecule has 2 aliphatic rings. The van der Waals surface area contributed by atoms with E-state index < -0.39 is 0 Å². The molecule has 2 aliphatic carbocycles. The average molecular weight is 229 g/mol. The van der Waals surface area contributed by atoms with Crippen LogP contribution in [0.5, 0.6) is 0 Å². The Balaban J connectivity index is 2.25. The number of halogens is 1. The maximum atomic E-state index is 6.18. The zero-order valence-electron chi connectivity index (χ0n) is 10.6. The molecule has 0 aromatic carbocycles. The van der Waals surface area contributed by atoms with Gasteiger partial charge in [-0.3, -0.25) is 0 Å². The van der Waals surface area contributed by atoms with Crippen LogP contribution in [-0.2, 0) is 0 Å². The van der Waals surface area contributed by atoms with Gasteiger partial charge in [-0.05, 0) is 41.4 Å². The molecule has 0 bridgehead atoms. The quantitative estimate of drug-likeness (QED) is 0.601. The van der Waals surface area contributed by atoms with Gasteiger partial charge in [-0.15, -0.1) is 11.6 Å². The van der Waals surface area contributed by atoms with Crippen molar-refractivity contribution in [3.63, 3.8) is 0 Å². The molecule has 15 heavy (non-hydrogen) atoms. The van der Waals surface area contributed by atoms with Crippen molar-refractivity contribution in [3.05, 3.63) is 0 Å². The minimum absolute atomic E-state index is 0.504. The number of alkyl halides is 1. The summed E-state index contributed by atoms with van der Waals surface area (Å²) in [5.41, 5.74) is 1.10. The zero-order valence-corrected chi connectivity index (χ0v) is 11.4. The Labute approximate surface area is 99.8 Å². The topological polar surface area (TPSA) is 0 Å². The van der Waals surface area contributed by atoms with Crippen LogP contribution < -0.4 is 0 Å². The first-order chi connectivity index (χ1) is 6.98. The molecule has 0 nitrogen and oxygen atoms in total. The molecule has 0 heterocycles. The predicted molar refractivity (Wildman–Crippen MR) is 67.2 cm³/mol. The van der Waals surface area contributed by atoms with Gasteiger partial charge >= 0.3 is 0 Å². The normalized spacial score (nSPS) is 43.6. The van der Waals surface area contributed by atoms with Gasteiger partial charge in [0.2, 0.25) is 0 Å². The smallest absolute Gasteiger partial charge is 0.0262 e. The molecule has 0 saturated heterocycles. The highest BCUT2D eigenvalue weighted by atomic mass is 35.5. The van der Waals surface area contributed by atoms with E-state index in [1.807, 2.05) is 0 Å². The summed E-state index contributed by atoms with van der Waals surface area (Å²) in [4.78, 5) is 0. The number of rotatable bonds is 2. The van der Waals surface area contributed by atoms with Gasteiger partial charge in [0.25, 0.3) is 0 Å². The van der Waals surface area contributed by atoms with Crippen LogP contribution in [0.25, 0.3) is 0 Å². The highest BCUT2D eigenvalue weighted by Crippen LogP contribution is 2.77. The van der Waals surface area contributed by atoms with Gasteiger partial charge in [0, 0.05) is 5.88 Å². The van der Waals surface area contributed by atoms with Crippen molar-refractivity contribution in [2.24, 2.45) is 28.6 Å². The lowest BCUT2D eigenvalue weighted by atomic mass is 9.67. The highest BCUT2D eigenvalue weighted by Gasteiger charge is 2.72. The second-order valence-corrected chi connectivity index (χ2v) is 6.87. The Morgan fingerprint density at radius 1 is 1.27 bits per heavy atom. The van der Waals surface area contributed by atoms with Crippen molar-refractivity contribution in [2.45, 2.75) is 53.4 Å². The number of hydrogen-bond acceptors (Lipinski definition) is 0. The summed E-state index contributed by atoms with van der Waals surface area (Å²) in [6.07, 6.45) is 5.74. The fourth-order valence-corrected chi connectivity index (χ4v) is 5.38. The third-order valence-corrected chi connectivity index (χ3v) is 5.89. The molecular formula is C14H25Cl. The highest BCUT2D eigenvalue weighted by molar-refractivity contribution is 6.18. The monoisotopic (exact) mass is 228 g/mol. The van der Waals surface area contributed by atoms with E-state index in [9.17, 15) is 0 Å². The lowest BCUT2D eigenvalue weighted by Crippen LogP contribution is -2.30. The molecule has 3 atom stereocenters. The molecule has 0 radical (unpaired) electrons. The fraction of sp³-hybridized carbons (Fsp3) is 1.00. The summed E-state index contributed by atoms with van der Waals surface area (Å²) in [5.74, 6) is 3.40. The first kappa shape index (κ1) is 11.8. The molecule has 88 valence electrons. The summed E-state index contributed by atoms with van der Waals surface area (Å²) >= 11 is 6.18. The third-order valence-electron chi connectivity index (χ3n) is 5.59. The summed E-state index contributed by atoms with van der Waals surface area (Å²) in [6, 6.07) is 0. The molecule has 2 fully saturated rings. The van der Waals surface area contributed by atoms with Crippen molar-refractivity contribution >= 4 is 11.6 Å². The van der Waals surface area contributed by atoms with E-state index in [0.29, 0.717) is 10.8 Å². The minimum atomic E-state index is 0.504. The lowest BCUT2D eigenvalue weighted by Gasteiger charge is -2.38. The van der Waals surface area contributed by atoms with Crippen LogP contribution in [-0.4, -0.2) is 5.88 Å². The fourth-order valence-electron chi connectivity index (χ4n) is 4.72. The molecule has 1 heteroatoms. The van der Waals surface area contributed by atoms with Crippen molar-refractivity contribution < 1.29 is 0 Å². The molecule has 0 N–H and O–H groups in total. The van der Waals surface area contributed by atoms with E-state index in [2.05, 4.69) is 27.7 Å². The Morgan fingerprint density at radius 2 is 1.93 bits per heavy atom. The van der Waals surface area contributed by atoms with Crippen molar-refractivity contribution in [1.82, 2.24) is 0 Å². The predicted octanol–water partition coefficient (Wildman–Crippen LogP) is 4.71. The Kier molecular flexibility index (Phi) is 2.86. The SMILES string of the molecule is CC(C)C1CCCCC12C(CCl)C2(C)C. The van der Waals surface area contributed by atoms with Crippen molar-refractivity contribution in [1.29, 1.82) is 0 Å². The standard InChI is InChI=1S/C14H25Cl/c1-10(2)11-7-5-6-8-14(11)12(9-15)13(14,3)4/h10-12H,5-9H2,1-4H3. The summed E-state index contributed by atoms with van der Waals surface area (Å²) < 4.78 is 0. The van der Waals surface area contributed by atoms with Crippen LogP contribution in [0.1, 0.15) is 53.4 Å². The second-order valence-electron chi connectivity index (χ2n) is 6.57. The van der Waals surface area contributed by atoms with Crippen LogP contribution >= 0.6 is 11.6 Å². The average Bonchev–Trinajstić information content (AvgIpc) is 2.62. The lowest BCUT2D eigenvalue weighted by molar-refractivity contribution is 0.116. The van der Waals surface area contributed by atoms with Crippen LogP contribution in [0.4, 0.5) is 0 Å². The van der Waals surface area contributed by atoms with Gasteiger partial charge in [0.05, 0.1) is 0 Å². The van der Waals surface area contributed by atoms with Crippen LogP contribution in [0, 0.1) is 28.6 Å². The van der Waals surface area contributed by atoms with E-state index in [1.165, 1.54) is 25.7 Å². The van der Waals surface area contributed by atoms with Gasteiger partial charge in [-0.1, -0.05) is 40.5 Å². The van der Waals surface area contributed by atoms with Gasteiger partial charge in [-0.25, -0.2) is 0 Å². The second kappa shape index (κ2) is 3.65. The van der Waals surface area contributed by atoms with E-state index in [4.69, 9.17) is 11.6 Å². The van der Waals surface area contributed by atoms with E-state index >= 15 is 0 Å². The van der Waals surface area contributed by atoms with Crippen molar-refractivity contribution in [2.75, 3.05) is 5.88 Å². The van der Waals surface area contributed by atoms with E-state index in [0.717, 1.165) is 23.6 Å². The molecule has 2 rings (SSSR count). The summed E-state index contributed by atoms with van der Waals surface area (Å²) in [7, 11) is 0. The Hall–Kier alpha value is 0.290. The molecule has 1 spiro atoms. The maximum absolute atomic E-state index is 6.18. The summed E-state index contributed by atoms with van der Waals surface area (Å²) in [5, 5.41) is 0. The summed E-state index contributed by atoms with van der Waals surface area (Å²) in [6.45, 7) is 9.69. The van der Waals surface area contributed by atoms with E-state index in [1.54, 1.807) is 0 Å². The van der Waals surface area contributed by atoms with Gasteiger partial charge in [0.15, 0.2) is 0 Å². The molecule has 0 amide bonds. The molecular weight excluding hydrogens is 204 g/mol.